The number of rotatable bonds is 2. The standard InChI is InChI=1S/C13H19BrN2/c1-9-5-10(2)13(12(14)6-9)16-4-3-11(7-15)8-16/h5-6,11H,3-4,7-8,15H2,1-2H3. The van der Waals surface area contributed by atoms with Gasteiger partial charge in [-0.05, 0) is 65.9 Å². The van der Waals surface area contributed by atoms with Crippen molar-refractivity contribution in [2.45, 2.75) is 20.3 Å². The molecule has 1 fully saturated rings. The number of anilines is 1. The minimum absolute atomic E-state index is 0.660. The summed E-state index contributed by atoms with van der Waals surface area (Å²) < 4.78 is 1.21. The molecule has 3 heteroatoms. The number of nitrogens with zero attached hydrogens (tertiary/aromatic N) is 1. The van der Waals surface area contributed by atoms with Crippen LogP contribution in [0.3, 0.4) is 0 Å². The Morgan fingerprint density at radius 1 is 1.44 bits per heavy atom. The second-order valence-corrected chi connectivity index (χ2v) is 5.60. The molecular weight excluding hydrogens is 264 g/mol. The van der Waals surface area contributed by atoms with E-state index in [1.165, 1.54) is 27.7 Å². The molecule has 0 aliphatic carbocycles. The van der Waals surface area contributed by atoms with Crippen molar-refractivity contribution in [3.8, 4) is 0 Å². The molecule has 88 valence electrons. The zero-order chi connectivity index (χ0) is 11.7. The fraction of sp³-hybridized carbons (Fsp3) is 0.538. The molecule has 0 aromatic heterocycles. The van der Waals surface area contributed by atoms with Crippen LogP contribution in [0.25, 0.3) is 0 Å². The highest BCUT2D eigenvalue weighted by Gasteiger charge is 2.23. The highest BCUT2D eigenvalue weighted by Crippen LogP contribution is 2.34. The average molecular weight is 283 g/mol. The van der Waals surface area contributed by atoms with Gasteiger partial charge in [0.2, 0.25) is 0 Å². The van der Waals surface area contributed by atoms with Crippen LogP contribution in [-0.2, 0) is 0 Å². The van der Waals surface area contributed by atoms with Crippen LogP contribution in [0.2, 0.25) is 0 Å². The molecule has 1 unspecified atom stereocenters. The summed E-state index contributed by atoms with van der Waals surface area (Å²) in [6, 6.07) is 4.44. The van der Waals surface area contributed by atoms with Gasteiger partial charge in [0, 0.05) is 17.6 Å². The number of hydrogen-bond acceptors (Lipinski definition) is 2. The Hall–Kier alpha value is -0.540. The van der Waals surface area contributed by atoms with E-state index in [0.717, 1.165) is 19.6 Å². The van der Waals surface area contributed by atoms with Gasteiger partial charge in [0.05, 0.1) is 5.69 Å². The lowest BCUT2D eigenvalue weighted by Gasteiger charge is -2.23. The van der Waals surface area contributed by atoms with E-state index in [9.17, 15) is 0 Å². The topological polar surface area (TPSA) is 29.3 Å². The van der Waals surface area contributed by atoms with Gasteiger partial charge < -0.3 is 10.6 Å². The molecular formula is C13H19BrN2. The Kier molecular flexibility index (Phi) is 3.55. The monoisotopic (exact) mass is 282 g/mol. The van der Waals surface area contributed by atoms with E-state index >= 15 is 0 Å². The van der Waals surface area contributed by atoms with Crippen LogP contribution in [-0.4, -0.2) is 19.6 Å². The Labute approximate surface area is 106 Å². The molecule has 1 atom stereocenters. The minimum Gasteiger partial charge on any atom is -0.370 e. The number of hydrogen-bond donors (Lipinski definition) is 1. The van der Waals surface area contributed by atoms with Crippen LogP contribution < -0.4 is 10.6 Å². The third-order valence-corrected chi connectivity index (χ3v) is 3.94. The van der Waals surface area contributed by atoms with Crippen LogP contribution in [0.5, 0.6) is 0 Å². The van der Waals surface area contributed by atoms with E-state index in [4.69, 9.17) is 5.73 Å². The van der Waals surface area contributed by atoms with E-state index in [-0.39, 0.29) is 0 Å². The highest BCUT2D eigenvalue weighted by atomic mass is 79.9. The SMILES string of the molecule is Cc1cc(C)c(N2CCC(CN)C2)c(Br)c1. The lowest BCUT2D eigenvalue weighted by molar-refractivity contribution is 0.602. The van der Waals surface area contributed by atoms with E-state index in [0.29, 0.717) is 5.92 Å². The molecule has 1 saturated heterocycles. The maximum Gasteiger partial charge on any atom is 0.0540 e. The first kappa shape index (κ1) is 11.9. The molecule has 2 nitrogen and oxygen atoms in total. The summed E-state index contributed by atoms with van der Waals surface area (Å²) in [6.45, 7) is 7.35. The van der Waals surface area contributed by atoms with Gasteiger partial charge in [-0.3, -0.25) is 0 Å². The maximum atomic E-state index is 5.74. The van der Waals surface area contributed by atoms with Crippen molar-refractivity contribution >= 4 is 21.6 Å². The molecule has 1 aromatic rings. The smallest absolute Gasteiger partial charge is 0.0540 e. The van der Waals surface area contributed by atoms with Crippen molar-refractivity contribution in [2.24, 2.45) is 11.7 Å². The molecule has 1 aromatic carbocycles. The minimum atomic E-state index is 0.660. The summed E-state index contributed by atoms with van der Waals surface area (Å²) in [5, 5.41) is 0. The van der Waals surface area contributed by atoms with E-state index in [1.54, 1.807) is 0 Å². The first-order valence-electron chi connectivity index (χ1n) is 5.83. The van der Waals surface area contributed by atoms with Crippen LogP contribution in [0.15, 0.2) is 16.6 Å². The largest absolute Gasteiger partial charge is 0.370 e. The van der Waals surface area contributed by atoms with Gasteiger partial charge in [0.15, 0.2) is 0 Å². The molecule has 0 bridgehead atoms. The van der Waals surface area contributed by atoms with Crippen molar-refractivity contribution in [3.63, 3.8) is 0 Å². The summed E-state index contributed by atoms with van der Waals surface area (Å²) in [5.74, 6) is 0.660. The summed E-state index contributed by atoms with van der Waals surface area (Å²) in [6.07, 6.45) is 1.22. The molecule has 0 amide bonds. The molecule has 16 heavy (non-hydrogen) atoms. The fourth-order valence-corrected chi connectivity index (χ4v) is 3.46. The van der Waals surface area contributed by atoms with Crippen LogP contribution in [0.1, 0.15) is 17.5 Å². The lowest BCUT2D eigenvalue weighted by atomic mass is 10.1. The summed E-state index contributed by atoms with van der Waals surface area (Å²) in [5.41, 5.74) is 9.74. The average Bonchev–Trinajstić information content (AvgIpc) is 2.64. The first-order valence-corrected chi connectivity index (χ1v) is 6.63. The lowest BCUT2D eigenvalue weighted by Crippen LogP contribution is -2.23. The predicted molar refractivity (Wildman–Crippen MR) is 73.0 cm³/mol. The van der Waals surface area contributed by atoms with E-state index in [1.807, 2.05) is 0 Å². The van der Waals surface area contributed by atoms with Crippen molar-refractivity contribution in [1.82, 2.24) is 0 Å². The normalized spacial score (nSPS) is 20.5. The van der Waals surface area contributed by atoms with Crippen LogP contribution in [0.4, 0.5) is 5.69 Å². The molecule has 2 rings (SSSR count). The van der Waals surface area contributed by atoms with Crippen molar-refractivity contribution < 1.29 is 0 Å². The van der Waals surface area contributed by atoms with E-state index in [2.05, 4.69) is 46.8 Å². The summed E-state index contributed by atoms with van der Waals surface area (Å²) in [7, 11) is 0. The summed E-state index contributed by atoms with van der Waals surface area (Å²) in [4.78, 5) is 2.45. The van der Waals surface area contributed by atoms with Crippen molar-refractivity contribution in [3.05, 3.63) is 27.7 Å². The van der Waals surface area contributed by atoms with E-state index < -0.39 is 0 Å². The molecule has 1 heterocycles. The van der Waals surface area contributed by atoms with Gasteiger partial charge in [-0.25, -0.2) is 0 Å². The fourth-order valence-electron chi connectivity index (χ4n) is 2.54. The Balaban J connectivity index is 2.28. The van der Waals surface area contributed by atoms with Gasteiger partial charge in [-0.15, -0.1) is 0 Å². The Bertz CT molecular complexity index is 367. The van der Waals surface area contributed by atoms with Gasteiger partial charge >= 0.3 is 0 Å². The van der Waals surface area contributed by atoms with Gasteiger partial charge in [-0.2, -0.15) is 0 Å². The van der Waals surface area contributed by atoms with Gasteiger partial charge in [-0.1, -0.05) is 6.07 Å². The summed E-state index contributed by atoms with van der Waals surface area (Å²) >= 11 is 3.68. The van der Waals surface area contributed by atoms with Crippen LogP contribution >= 0.6 is 15.9 Å². The molecule has 0 radical (unpaired) electrons. The highest BCUT2D eigenvalue weighted by molar-refractivity contribution is 9.10. The Morgan fingerprint density at radius 2 is 2.19 bits per heavy atom. The number of aryl methyl sites for hydroxylation is 2. The first-order chi connectivity index (χ1) is 7.61. The molecule has 1 aliphatic rings. The third kappa shape index (κ3) is 2.25. The van der Waals surface area contributed by atoms with Crippen molar-refractivity contribution in [2.75, 3.05) is 24.5 Å². The van der Waals surface area contributed by atoms with Gasteiger partial charge in [0.25, 0.3) is 0 Å². The van der Waals surface area contributed by atoms with Crippen molar-refractivity contribution in [1.29, 1.82) is 0 Å². The van der Waals surface area contributed by atoms with Gasteiger partial charge in [0.1, 0.15) is 0 Å². The Morgan fingerprint density at radius 3 is 2.75 bits per heavy atom. The molecule has 0 saturated carbocycles. The molecule has 1 aliphatic heterocycles. The molecule has 2 N–H and O–H groups in total. The predicted octanol–water partition coefficient (Wildman–Crippen LogP) is 2.85. The van der Waals surface area contributed by atoms with Crippen LogP contribution in [0, 0.1) is 19.8 Å². The zero-order valence-corrected chi connectivity index (χ0v) is 11.5. The second kappa shape index (κ2) is 4.76. The molecule has 0 spiro atoms. The number of halogens is 1. The zero-order valence-electron chi connectivity index (χ0n) is 9.96. The second-order valence-electron chi connectivity index (χ2n) is 4.75. The number of nitrogens with two attached hydrogens (primary N) is 1. The quantitative estimate of drug-likeness (QED) is 0.904. The third-order valence-electron chi connectivity index (χ3n) is 3.33. The number of benzene rings is 1. The maximum absolute atomic E-state index is 5.74.